The van der Waals surface area contributed by atoms with Crippen LogP contribution in [0.15, 0.2) is 35.5 Å². The molecule has 0 heterocycles. The third-order valence-electron chi connectivity index (χ3n) is 2.89. The maximum atomic E-state index is 11.5. The summed E-state index contributed by atoms with van der Waals surface area (Å²) in [5, 5.41) is 9.51. The van der Waals surface area contributed by atoms with E-state index in [2.05, 4.69) is 0 Å². The Morgan fingerprint density at radius 3 is 2.44 bits per heavy atom. The molecule has 0 fully saturated rings. The number of carbonyl (C=O) groups excluding carboxylic acids is 1. The molecule has 16 heavy (non-hydrogen) atoms. The maximum absolute atomic E-state index is 11.5. The Bertz CT molecular complexity index is 351. The standard InChI is InChI=1S/C13H16O3/c1-2-16-13(15)9-3-5-10-7-12(14)8-11(10)6-4-9/h3-6,9,12,14H,2,7-8H2,1H3. The molecule has 0 bridgehead atoms. The average molecular weight is 220 g/mol. The highest BCUT2D eigenvalue weighted by Gasteiger charge is 2.22. The van der Waals surface area contributed by atoms with E-state index in [1.54, 1.807) is 6.92 Å². The first-order chi connectivity index (χ1) is 7.70. The molecule has 2 rings (SSSR count). The Kier molecular flexibility index (Phi) is 3.25. The van der Waals surface area contributed by atoms with E-state index in [4.69, 9.17) is 4.74 Å². The highest BCUT2D eigenvalue weighted by molar-refractivity contribution is 5.77. The van der Waals surface area contributed by atoms with Gasteiger partial charge in [-0.25, -0.2) is 0 Å². The SMILES string of the molecule is CCOC(=O)C1C=CC2=C(C=C1)CC(O)C2. The van der Waals surface area contributed by atoms with Gasteiger partial charge in [-0.15, -0.1) is 0 Å². The number of allylic oxidation sites excluding steroid dienone is 2. The predicted octanol–water partition coefficient (Wildman–Crippen LogP) is 1.74. The van der Waals surface area contributed by atoms with E-state index in [0.29, 0.717) is 19.4 Å². The van der Waals surface area contributed by atoms with Crippen molar-refractivity contribution in [3.63, 3.8) is 0 Å². The molecule has 0 aromatic heterocycles. The van der Waals surface area contributed by atoms with Crippen molar-refractivity contribution in [3.8, 4) is 0 Å². The largest absolute Gasteiger partial charge is 0.465 e. The molecule has 2 aliphatic rings. The Labute approximate surface area is 95.1 Å². The number of aliphatic hydroxyl groups excluding tert-OH is 1. The van der Waals surface area contributed by atoms with Crippen LogP contribution in [0.1, 0.15) is 19.8 Å². The van der Waals surface area contributed by atoms with Gasteiger partial charge in [0.25, 0.3) is 0 Å². The molecule has 0 atom stereocenters. The van der Waals surface area contributed by atoms with Crippen LogP contribution in [0.4, 0.5) is 0 Å². The second-order valence-corrected chi connectivity index (χ2v) is 4.11. The van der Waals surface area contributed by atoms with Gasteiger partial charge in [0.05, 0.1) is 18.6 Å². The van der Waals surface area contributed by atoms with Crippen LogP contribution in [-0.2, 0) is 9.53 Å². The van der Waals surface area contributed by atoms with Crippen molar-refractivity contribution in [2.24, 2.45) is 5.92 Å². The van der Waals surface area contributed by atoms with Crippen molar-refractivity contribution in [2.75, 3.05) is 6.61 Å². The molecule has 3 nitrogen and oxygen atoms in total. The lowest BCUT2D eigenvalue weighted by molar-refractivity contribution is -0.144. The van der Waals surface area contributed by atoms with Gasteiger partial charge in [-0.1, -0.05) is 24.3 Å². The minimum atomic E-state index is -0.289. The van der Waals surface area contributed by atoms with Crippen molar-refractivity contribution < 1.29 is 14.6 Å². The van der Waals surface area contributed by atoms with Gasteiger partial charge >= 0.3 is 5.97 Å². The fraction of sp³-hybridized carbons (Fsp3) is 0.462. The number of rotatable bonds is 2. The average Bonchev–Trinajstić information content (AvgIpc) is 2.48. The minimum absolute atomic E-state index is 0.211. The zero-order valence-corrected chi connectivity index (χ0v) is 9.35. The number of esters is 1. The molecular weight excluding hydrogens is 204 g/mol. The van der Waals surface area contributed by atoms with E-state index in [-0.39, 0.29) is 18.0 Å². The van der Waals surface area contributed by atoms with Crippen molar-refractivity contribution >= 4 is 5.97 Å². The second kappa shape index (κ2) is 4.66. The summed E-state index contributed by atoms with van der Waals surface area (Å²) in [6.45, 7) is 2.21. The molecule has 0 saturated heterocycles. The van der Waals surface area contributed by atoms with Crippen LogP contribution < -0.4 is 0 Å². The molecule has 0 unspecified atom stereocenters. The Balaban J connectivity index is 2.09. The Hall–Kier alpha value is -1.35. The summed E-state index contributed by atoms with van der Waals surface area (Å²) in [5.41, 5.74) is 2.27. The summed E-state index contributed by atoms with van der Waals surface area (Å²) in [4.78, 5) is 11.5. The molecule has 2 aliphatic carbocycles. The second-order valence-electron chi connectivity index (χ2n) is 4.11. The lowest BCUT2D eigenvalue weighted by Gasteiger charge is -2.06. The molecule has 0 saturated carbocycles. The van der Waals surface area contributed by atoms with Gasteiger partial charge < -0.3 is 9.84 Å². The third kappa shape index (κ3) is 2.25. The van der Waals surface area contributed by atoms with Crippen LogP contribution in [0.5, 0.6) is 0 Å². The van der Waals surface area contributed by atoms with Gasteiger partial charge in [0.15, 0.2) is 0 Å². The topological polar surface area (TPSA) is 46.5 Å². The molecular formula is C13H16O3. The van der Waals surface area contributed by atoms with Gasteiger partial charge in [-0.2, -0.15) is 0 Å². The van der Waals surface area contributed by atoms with E-state index >= 15 is 0 Å². The molecule has 0 amide bonds. The predicted molar refractivity (Wildman–Crippen MR) is 60.7 cm³/mol. The molecule has 0 radical (unpaired) electrons. The molecule has 1 N–H and O–H groups in total. The summed E-state index contributed by atoms with van der Waals surface area (Å²) < 4.78 is 4.97. The summed E-state index contributed by atoms with van der Waals surface area (Å²) in [6, 6.07) is 0. The van der Waals surface area contributed by atoms with E-state index in [1.807, 2.05) is 24.3 Å². The summed E-state index contributed by atoms with van der Waals surface area (Å²) >= 11 is 0. The first-order valence-electron chi connectivity index (χ1n) is 5.64. The summed E-state index contributed by atoms with van der Waals surface area (Å²) in [7, 11) is 0. The van der Waals surface area contributed by atoms with Gasteiger partial charge in [0, 0.05) is 0 Å². The Morgan fingerprint density at radius 1 is 1.38 bits per heavy atom. The quantitative estimate of drug-likeness (QED) is 0.721. The smallest absolute Gasteiger partial charge is 0.316 e. The van der Waals surface area contributed by atoms with E-state index < -0.39 is 0 Å². The van der Waals surface area contributed by atoms with Gasteiger partial charge in [0.1, 0.15) is 0 Å². The number of hydrogen-bond donors (Lipinski definition) is 1. The monoisotopic (exact) mass is 220 g/mol. The van der Waals surface area contributed by atoms with Crippen LogP contribution in [-0.4, -0.2) is 23.8 Å². The number of aliphatic hydroxyl groups is 1. The fourth-order valence-electron chi connectivity index (χ4n) is 2.09. The summed E-state index contributed by atoms with van der Waals surface area (Å²) in [6.07, 6.45) is 8.67. The molecule has 0 aliphatic heterocycles. The number of carbonyl (C=O) groups is 1. The first kappa shape index (κ1) is 11.1. The van der Waals surface area contributed by atoms with Crippen molar-refractivity contribution in [1.82, 2.24) is 0 Å². The van der Waals surface area contributed by atoms with Gasteiger partial charge in [0.2, 0.25) is 0 Å². The zero-order chi connectivity index (χ0) is 11.5. The normalized spacial score (nSPS) is 21.1. The molecule has 3 heteroatoms. The maximum Gasteiger partial charge on any atom is 0.316 e. The van der Waals surface area contributed by atoms with Crippen molar-refractivity contribution in [1.29, 1.82) is 0 Å². The van der Waals surface area contributed by atoms with E-state index in [0.717, 1.165) is 11.1 Å². The van der Waals surface area contributed by atoms with Gasteiger partial charge in [-0.3, -0.25) is 4.79 Å². The third-order valence-corrected chi connectivity index (χ3v) is 2.89. The Morgan fingerprint density at radius 2 is 1.94 bits per heavy atom. The molecule has 0 aromatic rings. The van der Waals surface area contributed by atoms with Crippen molar-refractivity contribution in [2.45, 2.75) is 25.9 Å². The highest BCUT2D eigenvalue weighted by atomic mass is 16.5. The van der Waals surface area contributed by atoms with Gasteiger partial charge in [-0.05, 0) is 30.9 Å². The molecule has 0 aromatic carbocycles. The lowest BCUT2D eigenvalue weighted by atomic mass is 10.1. The van der Waals surface area contributed by atoms with Crippen LogP contribution in [0, 0.1) is 5.92 Å². The number of hydrogen-bond acceptors (Lipinski definition) is 3. The first-order valence-corrected chi connectivity index (χ1v) is 5.64. The van der Waals surface area contributed by atoms with E-state index in [9.17, 15) is 9.90 Å². The van der Waals surface area contributed by atoms with Crippen molar-refractivity contribution in [3.05, 3.63) is 35.5 Å². The van der Waals surface area contributed by atoms with E-state index in [1.165, 1.54) is 0 Å². The van der Waals surface area contributed by atoms with Crippen LogP contribution in [0.3, 0.4) is 0 Å². The molecule has 86 valence electrons. The fourth-order valence-corrected chi connectivity index (χ4v) is 2.09. The summed E-state index contributed by atoms with van der Waals surface area (Å²) in [5.74, 6) is -0.501. The zero-order valence-electron chi connectivity index (χ0n) is 9.35. The number of ether oxygens (including phenoxy) is 1. The van der Waals surface area contributed by atoms with Crippen LogP contribution in [0.2, 0.25) is 0 Å². The highest BCUT2D eigenvalue weighted by Crippen LogP contribution is 2.31. The van der Waals surface area contributed by atoms with Crippen LogP contribution >= 0.6 is 0 Å². The minimum Gasteiger partial charge on any atom is -0.465 e. The lowest BCUT2D eigenvalue weighted by Crippen LogP contribution is -2.13. The molecule has 0 spiro atoms. The van der Waals surface area contributed by atoms with Crippen LogP contribution in [0.25, 0.3) is 0 Å².